The first-order valence-electron chi connectivity index (χ1n) is 7.22. The molecule has 1 fully saturated rings. The van der Waals surface area contributed by atoms with Crippen LogP contribution in [-0.4, -0.2) is 45.7 Å². The van der Waals surface area contributed by atoms with Gasteiger partial charge in [-0.1, -0.05) is 12.5 Å². The van der Waals surface area contributed by atoms with Crippen molar-refractivity contribution in [2.45, 2.75) is 19.3 Å². The fourth-order valence-electron chi connectivity index (χ4n) is 2.69. The van der Waals surface area contributed by atoms with E-state index >= 15 is 0 Å². The van der Waals surface area contributed by atoms with Gasteiger partial charge >= 0.3 is 11.6 Å². The molecule has 1 aliphatic heterocycles. The van der Waals surface area contributed by atoms with E-state index in [2.05, 4.69) is 10.00 Å². The summed E-state index contributed by atoms with van der Waals surface area (Å²) in [4.78, 5) is 13.1. The third-order valence-corrected chi connectivity index (χ3v) is 3.76. The molecule has 0 spiro atoms. The van der Waals surface area contributed by atoms with Gasteiger partial charge in [-0.3, -0.25) is 15.0 Å². The van der Waals surface area contributed by atoms with Crippen molar-refractivity contribution in [3.63, 3.8) is 0 Å². The van der Waals surface area contributed by atoms with Crippen LogP contribution in [0.3, 0.4) is 0 Å². The van der Waals surface area contributed by atoms with Gasteiger partial charge in [-0.15, -0.1) is 5.10 Å². The number of rotatable bonds is 5. The van der Waals surface area contributed by atoms with Gasteiger partial charge < -0.3 is 4.74 Å². The topological polar surface area (TPSA) is 72.9 Å². The molecule has 3 heterocycles. The largest absolute Gasteiger partial charge is 0.470 e. The SMILES string of the molecule is O=[N+]([O-])c1c(OCCN2CCCCC2)nn2ccccc12. The van der Waals surface area contributed by atoms with Crippen molar-refractivity contribution in [1.82, 2.24) is 14.5 Å². The smallest absolute Gasteiger partial charge is 0.357 e. The number of fused-ring (bicyclic) bond motifs is 1. The quantitative estimate of drug-likeness (QED) is 0.623. The van der Waals surface area contributed by atoms with Crippen molar-refractivity contribution < 1.29 is 9.66 Å². The molecule has 112 valence electrons. The zero-order chi connectivity index (χ0) is 14.7. The van der Waals surface area contributed by atoms with Gasteiger partial charge in [0, 0.05) is 12.7 Å². The van der Waals surface area contributed by atoms with Gasteiger partial charge in [0.2, 0.25) is 0 Å². The Labute approximate surface area is 122 Å². The number of aromatic nitrogens is 2. The summed E-state index contributed by atoms with van der Waals surface area (Å²) >= 11 is 0. The van der Waals surface area contributed by atoms with E-state index in [1.54, 1.807) is 24.4 Å². The van der Waals surface area contributed by atoms with Gasteiger partial charge in [0.25, 0.3) is 0 Å². The number of pyridine rings is 1. The molecule has 0 amide bonds. The summed E-state index contributed by atoms with van der Waals surface area (Å²) in [6.07, 6.45) is 5.40. The highest BCUT2D eigenvalue weighted by Crippen LogP contribution is 2.30. The fraction of sp³-hybridized carbons (Fsp3) is 0.500. The van der Waals surface area contributed by atoms with Crippen LogP contribution < -0.4 is 4.74 Å². The fourth-order valence-corrected chi connectivity index (χ4v) is 2.69. The monoisotopic (exact) mass is 290 g/mol. The first kappa shape index (κ1) is 13.8. The molecule has 0 atom stereocenters. The summed E-state index contributed by atoms with van der Waals surface area (Å²) < 4.78 is 7.05. The first-order chi connectivity index (χ1) is 10.3. The minimum absolute atomic E-state index is 0.0609. The Morgan fingerprint density at radius 3 is 2.86 bits per heavy atom. The van der Waals surface area contributed by atoms with E-state index in [9.17, 15) is 10.1 Å². The minimum Gasteiger partial charge on any atom is -0.470 e. The second kappa shape index (κ2) is 6.09. The lowest BCUT2D eigenvalue weighted by Crippen LogP contribution is -2.33. The lowest BCUT2D eigenvalue weighted by atomic mass is 10.1. The predicted octanol–water partition coefficient (Wildman–Crippen LogP) is 2.11. The zero-order valence-electron chi connectivity index (χ0n) is 11.8. The lowest BCUT2D eigenvalue weighted by molar-refractivity contribution is -0.384. The lowest BCUT2D eigenvalue weighted by Gasteiger charge is -2.25. The van der Waals surface area contributed by atoms with Crippen molar-refractivity contribution in [3.05, 3.63) is 34.5 Å². The summed E-state index contributed by atoms with van der Waals surface area (Å²) in [5, 5.41) is 15.4. The van der Waals surface area contributed by atoms with E-state index in [4.69, 9.17) is 4.74 Å². The van der Waals surface area contributed by atoms with Gasteiger partial charge in [0.15, 0.2) is 0 Å². The van der Waals surface area contributed by atoms with Crippen LogP contribution in [0.2, 0.25) is 0 Å². The predicted molar refractivity (Wildman–Crippen MR) is 77.6 cm³/mol. The maximum atomic E-state index is 11.2. The Kier molecular flexibility index (Phi) is 4.01. The maximum absolute atomic E-state index is 11.2. The Balaban J connectivity index is 1.71. The van der Waals surface area contributed by atoms with Crippen molar-refractivity contribution >= 4 is 11.2 Å². The van der Waals surface area contributed by atoms with Crippen LogP contribution in [0.25, 0.3) is 5.52 Å². The number of ether oxygens (including phenoxy) is 1. The molecule has 1 saturated heterocycles. The van der Waals surface area contributed by atoms with E-state index in [1.165, 1.54) is 23.8 Å². The average molecular weight is 290 g/mol. The molecule has 0 saturated carbocycles. The number of nitrogens with zero attached hydrogens (tertiary/aromatic N) is 4. The number of nitro groups is 1. The van der Waals surface area contributed by atoms with Crippen LogP contribution in [0.15, 0.2) is 24.4 Å². The molecule has 2 aromatic heterocycles. The molecule has 7 heteroatoms. The Morgan fingerprint density at radius 2 is 2.10 bits per heavy atom. The second-order valence-electron chi connectivity index (χ2n) is 5.19. The Bertz CT molecular complexity index is 634. The molecular weight excluding hydrogens is 272 g/mol. The van der Waals surface area contributed by atoms with Crippen molar-refractivity contribution in [2.75, 3.05) is 26.2 Å². The number of piperidine rings is 1. The first-order valence-corrected chi connectivity index (χ1v) is 7.22. The van der Waals surface area contributed by atoms with Crippen LogP contribution >= 0.6 is 0 Å². The third-order valence-electron chi connectivity index (χ3n) is 3.76. The van der Waals surface area contributed by atoms with E-state index < -0.39 is 4.92 Å². The molecule has 2 aromatic rings. The molecule has 7 nitrogen and oxygen atoms in total. The highest BCUT2D eigenvalue weighted by molar-refractivity contribution is 5.69. The van der Waals surface area contributed by atoms with Crippen LogP contribution in [0.5, 0.6) is 5.88 Å². The maximum Gasteiger partial charge on any atom is 0.357 e. The van der Waals surface area contributed by atoms with E-state index in [1.807, 2.05) is 0 Å². The normalized spacial score (nSPS) is 16.2. The van der Waals surface area contributed by atoms with Gasteiger partial charge in [-0.2, -0.15) is 0 Å². The Hall–Kier alpha value is -2.15. The molecule has 0 bridgehead atoms. The number of hydrogen-bond acceptors (Lipinski definition) is 5. The van der Waals surface area contributed by atoms with Crippen LogP contribution in [-0.2, 0) is 0 Å². The molecule has 0 aromatic carbocycles. The van der Waals surface area contributed by atoms with E-state index in [0.29, 0.717) is 12.1 Å². The summed E-state index contributed by atoms with van der Waals surface area (Å²) in [5.41, 5.74) is 0.393. The molecule has 0 aliphatic carbocycles. The van der Waals surface area contributed by atoms with Crippen LogP contribution in [0.1, 0.15) is 19.3 Å². The average Bonchev–Trinajstić information content (AvgIpc) is 2.86. The van der Waals surface area contributed by atoms with Crippen molar-refractivity contribution in [1.29, 1.82) is 0 Å². The molecule has 0 unspecified atom stereocenters. The van der Waals surface area contributed by atoms with Gasteiger partial charge in [0.1, 0.15) is 12.1 Å². The van der Waals surface area contributed by atoms with Crippen LogP contribution in [0.4, 0.5) is 5.69 Å². The van der Waals surface area contributed by atoms with Crippen molar-refractivity contribution in [3.8, 4) is 5.88 Å². The zero-order valence-corrected chi connectivity index (χ0v) is 11.8. The summed E-state index contributed by atoms with van der Waals surface area (Å²) in [6.45, 7) is 3.36. The summed E-state index contributed by atoms with van der Waals surface area (Å²) in [6, 6.07) is 5.20. The molecule has 21 heavy (non-hydrogen) atoms. The molecule has 1 aliphatic rings. The Morgan fingerprint density at radius 1 is 1.29 bits per heavy atom. The van der Waals surface area contributed by atoms with E-state index in [-0.39, 0.29) is 11.6 Å². The van der Waals surface area contributed by atoms with E-state index in [0.717, 1.165) is 19.6 Å². The van der Waals surface area contributed by atoms with Gasteiger partial charge in [-0.25, -0.2) is 4.52 Å². The second-order valence-corrected chi connectivity index (χ2v) is 5.19. The number of hydrogen-bond donors (Lipinski definition) is 0. The van der Waals surface area contributed by atoms with Gasteiger partial charge in [0.05, 0.1) is 4.92 Å². The van der Waals surface area contributed by atoms with Gasteiger partial charge in [-0.05, 0) is 38.1 Å². The standard InChI is InChI=1S/C14H18N4O3/c19-18(20)13-12-6-2-5-9-17(12)15-14(13)21-11-10-16-7-3-1-4-8-16/h2,5-6,9H,1,3-4,7-8,10-11H2. The highest BCUT2D eigenvalue weighted by Gasteiger charge is 2.24. The molecule has 0 N–H and O–H groups in total. The third kappa shape index (κ3) is 2.97. The van der Waals surface area contributed by atoms with Crippen molar-refractivity contribution in [2.24, 2.45) is 0 Å². The number of likely N-dealkylation sites (tertiary alicyclic amines) is 1. The van der Waals surface area contributed by atoms with Crippen LogP contribution in [0, 0.1) is 10.1 Å². The highest BCUT2D eigenvalue weighted by atomic mass is 16.6. The molecular formula is C14H18N4O3. The summed E-state index contributed by atoms with van der Waals surface area (Å²) in [5.74, 6) is 0.100. The molecule has 3 rings (SSSR count). The molecule has 0 radical (unpaired) electrons. The summed E-state index contributed by atoms with van der Waals surface area (Å²) in [7, 11) is 0. The minimum atomic E-state index is -0.432.